The van der Waals surface area contributed by atoms with Crippen molar-refractivity contribution in [2.24, 2.45) is 0 Å². The average Bonchev–Trinajstić information content (AvgIpc) is 3.50. The Hall–Kier alpha value is -4.20. The minimum atomic E-state index is -1.19. The molecule has 4 heterocycles. The van der Waals surface area contributed by atoms with E-state index >= 15 is 0 Å². The summed E-state index contributed by atoms with van der Waals surface area (Å²) < 4.78 is 30.3. The van der Waals surface area contributed by atoms with Crippen LogP contribution in [0.2, 0.25) is 0 Å². The Morgan fingerprint density at radius 2 is 1.45 bits per heavy atom. The zero-order chi connectivity index (χ0) is 32.6. The fourth-order valence-electron chi connectivity index (χ4n) is 4.28. The highest BCUT2D eigenvalue weighted by Gasteiger charge is 2.43. The molecule has 1 atom stereocenters. The lowest BCUT2D eigenvalue weighted by atomic mass is 10.2. The number of fused-ring (bicyclic) bond motifs is 1. The van der Waals surface area contributed by atoms with Crippen LogP contribution in [-0.2, 0) is 18.9 Å². The maximum absolute atomic E-state index is 14.1. The quantitative estimate of drug-likeness (QED) is 0.223. The number of aromatic nitrogens is 4. The van der Waals surface area contributed by atoms with Crippen molar-refractivity contribution in [3.05, 3.63) is 24.1 Å². The van der Waals surface area contributed by atoms with Crippen LogP contribution >= 0.6 is 0 Å². The fourth-order valence-corrected chi connectivity index (χ4v) is 4.28. The first-order valence-corrected chi connectivity index (χ1v) is 14.6. The number of carbonyl (C=O) groups is 3. The number of nitrogens with zero attached hydrogens (tertiary/aromatic N) is 6. The number of amides is 3. The molecule has 0 radical (unpaired) electrons. The molecule has 0 saturated carbocycles. The Balaban J connectivity index is 2.02. The van der Waals surface area contributed by atoms with Gasteiger partial charge >= 0.3 is 18.3 Å². The molecule has 1 unspecified atom stereocenters. The van der Waals surface area contributed by atoms with Gasteiger partial charge in [0.25, 0.3) is 0 Å². The third kappa shape index (κ3) is 7.84. The molecular weight excluding hydrogens is 572 g/mol. The monoisotopic (exact) mass is 614 g/mol. The highest BCUT2D eigenvalue weighted by Crippen LogP contribution is 2.34. The van der Waals surface area contributed by atoms with Crippen LogP contribution in [-0.4, -0.2) is 66.4 Å². The molecule has 44 heavy (non-hydrogen) atoms. The zero-order valence-corrected chi connectivity index (χ0v) is 27.1. The van der Waals surface area contributed by atoms with Crippen molar-refractivity contribution in [3.63, 3.8) is 0 Å². The summed E-state index contributed by atoms with van der Waals surface area (Å²) in [5.41, 5.74) is -2.83. The molecule has 14 heteroatoms. The number of anilines is 1. The minimum Gasteiger partial charge on any atom is -0.458 e. The van der Waals surface area contributed by atoms with E-state index in [0.717, 1.165) is 12.8 Å². The minimum absolute atomic E-state index is 0.0695. The van der Waals surface area contributed by atoms with Crippen LogP contribution in [0.15, 0.2) is 22.7 Å². The lowest BCUT2D eigenvalue weighted by molar-refractivity contribution is -0.0370. The fraction of sp³-hybridized carbons (Fsp3) is 0.600. The van der Waals surface area contributed by atoms with Gasteiger partial charge in [-0.25, -0.2) is 29.0 Å². The van der Waals surface area contributed by atoms with E-state index in [1.165, 1.54) is 6.20 Å². The number of imide groups is 1. The van der Waals surface area contributed by atoms with Crippen molar-refractivity contribution in [2.75, 3.05) is 11.6 Å². The molecule has 0 aromatic carbocycles. The molecule has 0 spiro atoms. The number of ether oxygens (including phenoxy) is 4. The predicted octanol–water partition coefficient (Wildman–Crippen LogP) is 6.92. The molecule has 0 bridgehead atoms. The maximum Gasteiger partial charge on any atom is 0.440 e. The molecule has 0 N–H and O–H groups in total. The molecule has 0 aliphatic carbocycles. The van der Waals surface area contributed by atoms with Crippen LogP contribution in [0.3, 0.4) is 0 Å². The van der Waals surface area contributed by atoms with Crippen molar-refractivity contribution >= 4 is 35.1 Å². The summed E-state index contributed by atoms with van der Waals surface area (Å²) in [6.45, 7) is 17.0. The van der Waals surface area contributed by atoms with E-state index in [1.807, 2.05) is 0 Å². The summed E-state index contributed by atoms with van der Waals surface area (Å²) in [5.74, 6) is 0.766. The summed E-state index contributed by atoms with van der Waals surface area (Å²) in [6.07, 6.45) is 0.0484. The number of aryl methyl sites for hydroxylation is 1. The molecule has 240 valence electrons. The van der Waals surface area contributed by atoms with Gasteiger partial charge in [0, 0.05) is 6.61 Å². The number of hydrogen-bond acceptors (Lipinski definition) is 11. The molecule has 3 amide bonds. The van der Waals surface area contributed by atoms with Gasteiger partial charge in [-0.1, -0.05) is 0 Å². The summed E-state index contributed by atoms with van der Waals surface area (Å²) in [5, 5.41) is 5.90. The lowest BCUT2D eigenvalue weighted by Crippen LogP contribution is -2.57. The highest BCUT2D eigenvalue weighted by atomic mass is 16.6. The van der Waals surface area contributed by atoms with Gasteiger partial charge < -0.3 is 23.4 Å². The van der Waals surface area contributed by atoms with Crippen molar-refractivity contribution in [2.45, 2.75) is 112 Å². The third-order valence-corrected chi connectivity index (χ3v) is 5.92. The van der Waals surface area contributed by atoms with Crippen molar-refractivity contribution in [3.8, 4) is 11.6 Å². The Morgan fingerprint density at radius 3 is 1.95 bits per heavy atom. The normalized spacial score (nSPS) is 16.0. The van der Waals surface area contributed by atoms with Gasteiger partial charge in [0.05, 0.1) is 11.6 Å². The SMILES string of the molecule is Cc1ccc(-c2nc(N(C(=O)OC(C)(C)C)N(C(=O)OC(C)(C)C)C(=O)OC(C)(C)C)c3cnn(C4CCCCO4)c3n2)o1. The first-order valence-electron chi connectivity index (χ1n) is 14.6. The van der Waals surface area contributed by atoms with Crippen LogP contribution in [0.1, 0.15) is 93.6 Å². The summed E-state index contributed by atoms with van der Waals surface area (Å²) in [7, 11) is 0. The number of carbonyl (C=O) groups excluding carboxylic acids is 3. The van der Waals surface area contributed by atoms with Gasteiger partial charge in [-0.15, -0.1) is 5.01 Å². The average molecular weight is 615 g/mol. The van der Waals surface area contributed by atoms with Crippen molar-refractivity contribution in [1.29, 1.82) is 0 Å². The van der Waals surface area contributed by atoms with Gasteiger partial charge in [0.2, 0.25) is 0 Å². The second kappa shape index (κ2) is 12.1. The van der Waals surface area contributed by atoms with E-state index < -0.39 is 41.3 Å². The standard InChI is InChI=1S/C30H42N6O8/c1-18-14-15-20(41-18)22-32-23-19(17-31-34(23)21-13-11-12-16-40-21)24(33-22)35(25(37)42-28(2,3)4)36(26(38)43-29(5,6)7)27(39)44-30(8,9)10/h14-15,17,21H,11-13,16H2,1-10H3. The van der Waals surface area contributed by atoms with E-state index in [-0.39, 0.29) is 28.4 Å². The van der Waals surface area contributed by atoms with Gasteiger partial charge in [0.15, 0.2) is 29.3 Å². The van der Waals surface area contributed by atoms with Gasteiger partial charge in [-0.2, -0.15) is 10.1 Å². The largest absolute Gasteiger partial charge is 0.458 e. The molecule has 1 fully saturated rings. The zero-order valence-electron chi connectivity index (χ0n) is 27.1. The summed E-state index contributed by atoms with van der Waals surface area (Å²) in [6, 6.07) is 3.42. The molecule has 1 aliphatic heterocycles. The lowest BCUT2D eigenvalue weighted by Gasteiger charge is -2.35. The number of hydrazine groups is 1. The van der Waals surface area contributed by atoms with E-state index in [0.29, 0.717) is 28.8 Å². The van der Waals surface area contributed by atoms with E-state index in [4.69, 9.17) is 28.3 Å². The predicted molar refractivity (Wildman–Crippen MR) is 160 cm³/mol. The summed E-state index contributed by atoms with van der Waals surface area (Å²) >= 11 is 0. The van der Waals surface area contributed by atoms with Crippen molar-refractivity contribution < 1.29 is 37.7 Å². The molecule has 14 nitrogen and oxygen atoms in total. The Labute approximate surface area is 256 Å². The Bertz CT molecular complexity index is 1490. The van der Waals surface area contributed by atoms with Crippen LogP contribution in [0.5, 0.6) is 0 Å². The van der Waals surface area contributed by atoms with Crippen LogP contribution in [0.4, 0.5) is 20.2 Å². The maximum atomic E-state index is 14.1. The third-order valence-electron chi connectivity index (χ3n) is 5.92. The van der Waals surface area contributed by atoms with Crippen molar-refractivity contribution in [1.82, 2.24) is 24.8 Å². The van der Waals surface area contributed by atoms with Crippen LogP contribution < -0.4 is 5.01 Å². The molecule has 3 aromatic heterocycles. The summed E-state index contributed by atoms with van der Waals surface area (Å²) in [4.78, 5) is 51.0. The second-order valence-corrected chi connectivity index (χ2v) is 13.5. The second-order valence-electron chi connectivity index (χ2n) is 13.5. The van der Waals surface area contributed by atoms with E-state index in [1.54, 1.807) is 86.1 Å². The molecule has 1 aliphatic rings. The number of furan rings is 1. The van der Waals surface area contributed by atoms with Gasteiger partial charge in [0.1, 0.15) is 22.6 Å². The highest BCUT2D eigenvalue weighted by molar-refractivity contribution is 6.03. The van der Waals surface area contributed by atoms with E-state index in [9.17, 15) is 14.4 Å². The molecular formula is C30H42N6O8. The molecule has 4 rings (SSSR count). The smallest absolute Gasteiger partial charge is 0.440 e. The van der Waals surface area contributed by atoms with Gasteiger partial charge in [-0.05, 0) is 101 Å². The number of hydrogen-bond donors (Lipinski definition) is 0. The van der Waals surface area contributed by atoms with E-state index in [2.05, 4.69) is 10.1 Å². The van der Waals surface area contributed by atoms with Crippen LogP contribution in [0, 0.1) is 6.92 Å². The first-order chi connectivity index (χ1) is 20.3. The first kappa shape index (κ1) is 32.7. The Morgan fingerprint density at radius 1 is 0.864 bits per heavy atom. The Kier molecular flexibility index (Phi) is 8.97. The molecule has 1 saturated heterocycles. The molecule has 3 aromatic rings. The van der Waals surface area contributed by atoms with Crippen LogP contribution in [0.25, 0.3) is 22.6 Å². The number of rotatable bonds is 3. The van der Waals surface area contributed by atoms with Gasteiger partial charge in [-0.3, -0.25) is 0 Å². The topological polar surface area (TPSA) is 151 Å².